The SMILES string of the molecule is C1CCC(CNC2CCCOCC2)CC1. The molecule has 1 atom stereocenters. The topological polar surface area (TPSA) is 21.3 Å². The molecule has 0 aromatic rings. The van der Waals surface area contributed by atoms with Gasteiger partial charge < -0.3 is 10.1 Å². The van der Waals surface area contributed by atoms with Gasteiger partial charge in [0.05, 0.1) is 0 Å². The highest BCUT2D eigenvalue weighted by Crippen LogP contribution is 2.23. The van der Waals surface area contributed by atoms with Crippen molar-refractivity contribution in [3.8, 4) is 0 Å². The minimum Gasteiger partial charge on any atom is -0.381 e. The van der Waals surface area contributed by atoms with E-state index in [9.17, 15) is 0 Å². The molecule has 1 saturated carbocycles. The molecule has 1 saturated heterocycles. The predicted octanol–water partition coefficient (Wildman–Crippen LogP) is 2.73. The van der Waals surface area contributed by atoms with E-state index in [0.29, 0.717) is 0 Å². The molecular formula is C13H25NO. The first-order valence-corrected chi connectivity index (χ1v) is 6.76. The molecule has 2 heteroatoms. The highest BCUT2D eigenvalue weighted by atomic mass is 16.5. The third kappa shape index (κ3) is 4.12. The minimum atomic E-state index is 0.731. The van der Waals surface area contributed by atoms with Gasteiger partial charge in [-0.05, 0) is 44.6 Å². The Kier molecular flexibility index (Phi) is 4.94. The average Bonchev–Trinajstić information content (AvgIpc) is 2.56. The Labute approximate surface area is 93.8 Å². The summed E-state index contributed by atoms with van der Waals surface area (Å²) >= 11 is 0. The fraction of sp³-hybridized carbons (Fsp3) is 1.00. The van der Waals surface area contributed by atoms with Crippen LogP contribution in [0.1, 0.15) is 51.4 Å². The molecular weight excluding hydrogens is 186 g/mol. The summed E-state index contributed by atoms with van der Waals surface area (Å²) in [6, 6.07) is 0.731. The second-order valence-corrected chi connectivity index (χ2v) is 5.15. The molecule has 0 aromatic heterocycles. The average molecular weight is 211 g/mol. The summed E-state index contributed by atoms with van der Waals surface area (Å²) in [6.07, 6.45) is 11.1. The van der Waals surface area contributed by atoms with Gasteiger partial charge in [-0.25, -0.2) is 0 Å². The van der Waals surface area contributed by atoms with Crippen LogP contribution in [-0.2, 0) is 4.74 Å². The van der Waals surface area contributed by atoms with E-state index in [-0.39, 0.29) is 0 Å². The Morgan fingerprint density at radius 2 is 1.73 bits per heavy atom. The molecule has 1 heterocycles. The molecule has 2 nitrogen and oxygen atoms in total. The second kappa shape index (κ2) is 6.49. The molecule has 0 radical (unpaired) electrons. The molecule has 0 amide bonds. The van der Waals surface area contributed by atoms with Crippen LogP contribution in [0.15, 0.2) is 0 Å². The highest BCUT2D eigenvalue weighted by Gasteiger charge is 2.16. The Hall–Kier alpha value is -0.0800. The lowest BCUT2D eigenvalue weighted by Gasteiger charge is -2.24. The first-order chi connectivity index (χ1) is 7.45. The van der Waals surface area contributed by atoms with E-state index in [1.54, 1.807) is 0 Å². The third-order valence-electron chi connectivity index (χ3n) is 3.87. The van der Waals surface area contributed by atoms with Crippen LogP contribution < -0.4 is 5.32 Å². The molecule has 15 heavy (non-hydrogen) atoms. The summed E-state index contributed by atoms with van der Waals surface area (Å²) in [5.41, 5.74) is 0. The van der Waals surface area contributed by atoms with Gasteiger partial charge >= 0.3 is 0 Å². The first kappa shape index (κ1) is 11.4. The van der Waals surface area contributed by atoms with E-state index in [0.717, 1.165) is 25.2 Å². The summed E-state index contributed by atoms with van der Waals surface area (Å²) in [4.78, 5) is 0. The Bertz CT molecular complexity index is 158. The predicted molar refractivity (Wildman–Crippen MR) is 63.0 cm³/mol. The highest BCUT2D eigenvalue weighted by molar-refractivity contribution is 4.73. The molecule has 2 aliphatic rings. The standard InChI is InChI=1S/C13H25NO/c1-2-5-12(6-3-1)11-14-13-7-4-9-15-10-8-13/h12-14H,1-11H2. The monoisotopic (exact) mass is 211 g/mol. The van der Waals surface area contributed by atoms with Crippen molar-refractivity contribution < 1.29 is 4.74 Å². The van der Waals surface area contributed by atoms with E-state index in [2.05, 4.69) is 5.32 Å². The zero-order chi connectivity index (χ0) is 10.3. The van der Waals surface area contributed by atoms with Crippen LogP contribution in [0.4, 0.5) is 0 Å². The van der Waals surface area contributed by atoms with Gasteiger partial charge in [0.25, 0.3) is 0 Å². The van der Waals surface area contributed by atoms with Crippen molar-refractivity contribution in [2.24, 2.45) is 5.92 Å². The fourth-order valence-electron chi connectivity index (χ4n) is 2.83. The molecule has 2 fully saturated rings. The number of hydrogen-bond donors (Lipinski definition) is 1. The first-order valence-electron chi connectivity index (χ1n) is 6.76. The smallest absolute Gasteiger partial charge is 0.0480 e. The molecule has 1 unspecified atom stereocenters. The van der Waals surface area contributed by atoms with Crippen LogP contribution in [-0.4, -0.2) is 25.8 Å². The third-order valence-corrected chi connectivity index (χ3v) is 3.87. The maximum Gasteiger partial charge on any atom is 0.0480 e. The van der Waals surface area contributed by atoms with Crippen LogP contribution in [0.25, 0.3) is 0 Å². The lowest BCUT2D eigenvalue weighted by molar-refractivity contribution is 0.142. The molecule has 1 aliphatic heterocycles. The van der Waals surface area contributed by atoms with Gasteiger partial charge in [0.2, 0.25) is 0 Å². The number of hydrogen-bond acceptors (Lipinski definition) is 2. The van der Waals surface area contributed by atoms with Gasteiger partial charge in [-0.1, -0.05) is 19.3 Å². The summed E-state index contributed by atoms with van der Waals surface area (Å²) in [7, 11) is 0. The molecule has 0 aromatic carbocycles. The van der Waals surface area contributed by atoms with Crippen molar-refractivity contribution in [2.75, 3.05) is 19.8 Å². The van der Waals surface area contributed by atoms with Gasteiger partial charge in [0.1, 0.15) is 0 Å². The normalized spacial score (nSPS) is 30.0. The summed E-state index contributed by atoms with van der Waals surface area (Å²) < 4.78 is 5.48. The van der Waals surface area contributed by atoms with E-state index in [1.165, 1.54) is 57.9 Å². The number of rotatable bonds is 3. The second-order valence-electron chi connectivity index (χ2n) is 5.15. The zero-order valence-electron chi connectivity index (χ0n) is 9.84. The van der Waals surface area contributed by atoms with Crippen molar-refractivity contribution >= 4 is 0 Å². The Morgan fingerprint density at radius 1 is 0.867 bits per heavy atom. The van der Waals surface area contributed by atoms with Gasteiger partial charge in [-0.15, -0.1) is 0 Å². The summed E-state index contributed by atoms with van der Waals surface area (Å²) in [6.45, 7) is 3.19. The van der Waals surface area contributed by atoms with Crippen LogP contribution in [0.2, 0.25) is 0 Å². The van der Waals surface area contributed by atoms with Crippen LogP contribution in [0, 0.1) is 5.92 Å². The largest absolute Gasteiger partial charge is 0.381 e. The fourth-order valence-corrected chi connectivity index (χ4v) is 2.83. The maximum absolute atomic E-state index is 5.48. The molecule has 0 bridgehead atoms. The summed E-state index contributed by atoms with van der Waals surface area (Å²) in [5, 5.41) is 3.75. The Balaban J connectivity index is 1.62. The van der Waals surface area contributed by atoms with Crippen molar-refractivity contribution in [1.29, 1.82) is 0 Å². The molecule has 0 spiro atoms. The molecule has 2 rings (SSSR count). The van der Waals surface area contributed by atoms with Crippen LogP contribution >= 0.6 is 0 Å². The number of ether oxygens (including phenoxy) is 1. The van der Waals surface area contributed by atoms with Gasteiger partial charge in [-0.2, -0.15) is 0 Å². The quantitative estimate of drug-likeness (QED) is 0.775. The van der Waals surface area contributed by atoms with E-state index < -0.39 is 0 Å². The van der Waals surface area contributed by atoms with Gasteiger partial charge in [-0.3, -0.25) is 0 Å². The van der Waals surface area contributed by atoms with E-state index >= 15 is 0 Å². The molecule has 88 valence electrons. The van der Waals surface area contributed by atoms with Crippen molar-refractivity contribution in [3.63, 3.8) is 0 Å². The van der Waals surface area contributed by atoms with Crippen molar-refractivity contribution in [1.82, 2.24) is 5.32 Å². The lowest BCUT2D eigenvalue weighted by Crippen LogP contribution is -2.34. The van der Waals surface area contributed by atoms with Crippen LogP contribution in [0.3, 0.4) is 0 Å². The van der Waals surface area contributed by atoms with E-state index in [1.807, 2.05) is 0 Å². The van der Waals surface area contributed by atoms with Crippen molar-refractivity contribution in [3.05, 3.63) is 0 Å². The van der Waals surface area contributed by atoms with Gasteiger partial charge in [0.15, 0.2) is 0 Å². The lowest BCUT2D eigenvalue weighted by atomic mass is 9.89. The molecule has 1 N–H and O–H groups in total. The Morgan fingerprint density at radius 3 is 2.60 bits per heavy atom. The van der Waals surface area contributed by atoms with E-state index in [4.69, 9.17) is 4.74 Å². The van der Waals surface area contributed by atoms with Crippen molar-refractivity contribution in [2.45, 2.75) is 57.4 Å². The van der Waals surface area contributed by atoms with Gasteiger partial charge in [0, 0.05) is 19.3 Å². The zero-order valence-corrected chi connectivity index (χ0v) is 9.84. The maximum atomic E-state index is 5.48. The number of nitrogens with one attached hydrogen (secondary N) is 1. The van der Waals surface area contributed by atoms with Crippen LogP contribution in [0.5, 0.6) is 0 Å². The minimum absolute atomic E-state index is 0.731. The summed E-state index contributed by atoms with van der Waals surface area (Å²) in [5.74, 6) is 0.961. The molecule has 1 aliphatic carbocycles.